The zero-order valence-corrected chi connectivity index (χ0v) is 15.4. The van der Waals surface area contributed by atoms with Crippen molar-refractivity contribution < 1.29 is 30.0 Å². The fraction of sp³-hybridized carbons (Fsp3) is 0.650. The van der Waals surface area contributed by atoms with Gasteiger partial charge in [-0.2, -0.15) is 0 Å². The van der Waals surface area contributed by atoms with E-state index >= 15 is 0 Å². The van der Waals surface area contributed by atoms with Gasteiger partial charge in [-0.15, -0.1) is 0 Å². The lowest BCUT2D eigenvalue weighted by Crippen LogP contribution is -2.43. The van der Waals surface area contributed by atoms with Gasteiger partial charge in [-0.1, -0.05) is 43.4 Å². The Balaban J connectivity index is 2.56. The summed E-state index contributed by atoms with van der Waals surface area (Å²) in [5.74, 6) is -1.02. The third-order valence-corrected chi connectivity index (χ3v) is 4.31. The van der Waals surface area contributed by atoms with Gasteiger partial charge in [0.1, 0.15) is 0 Å². The SMILES string of the molecule is CC/C=C\C[C@H](O)/C=C/[C@H]1O[C@@H](O)C[C@@H](O)[C@@H]1C/C=C\CCCC(=O)O. The van der Waals surface area contributed by atoms with Gasteiger partial charge in [-0.3, -0.25) is 4.79 Å². The highest BCUT2D eigenvalue weighted by Crippen LogP contribution is 2.29. The first-order valence-corrected chi connectivity index (χ1v) is 9.33. The van der Waals surface area contributed by atoms with Crippen LogP contribution >= 0.6 is 0 Å². The van der Waals surface area contributed by atoms with E-state index in [-0.39, 0.29) is 18.8 Å². The Labute approximate surface area is 155 Å². The molecule has 0 saturated carbocycles. The summed E-state index contributed by atoms with van der Waals surface area (Å²) >= 11 is 0. The van der Waals surface area contributed by atoms with Crippen molar-refractivity contribution in [1.29, 1.82) is 0 Å². The van der Waals surface area contributed by atoms with Crippen LogP contribution in [-0.4, -0.2) is 51.0 Å². The molecule has 1 heterocycles. The Kier molecular flexibility index (Phi) is 11.1. The highest BCUT2D eigenvalue weighted by atomic mass is 16.6. The van der Waals surface area contributed by atoms with Crippen LogP contribution in [0.3, 0.4) is 0 Å². The Morgan fingerprint density at radius 3 is 2.69 bits per heavy atom. The van der Waals surface area contributed by atoms with Crippen LogP contribution in [0.2, 0.25) is 0 Å². The van der Waals surface area contributed by atoms with Gasteiger partial charge in [-0.25, -0.2) is 0 Å². The fourth-order valence-electron chi connectivity index (χ4n) is 2.88. The first-order chi connectivity index (χ1) is 12.4. The van der Waals surface area contributed by atoms with E-state index in [2.05, 4.69) is 0 Å². The molecule has 1 saturated heterocycles. The van der Waals surface area contributed by atoms with Crippen molar-refractivity contribution in [3.63, 3.8) is 0 Å². The maximum Gasteiger partial charge on any atom is 0.303 e. The maximum atomic E-state index is 10.5. The molecule has 1 fully saturated rings. The molecule has 0 aliphatic carbocycles. The van der Waals surface area contributed by atoms with Crippen LogP contribution in [0.25, 0.3) is 0 Å². The molecule has 1 aliphatic heterocycles. The largest absolute Gasteiger partial charge is 0.481 e. The predicted molar refractivity (Wildman–Crippen MR) is 99.4 cm³/mol. The van der Waals surface area contributed by atoms with Crippen LogP contribution < -0.4 is 0 Å². The number of rotatable bonds is 11. The van der Waals surface area contributed by atoms with Crippen LogP contribution in [0.15, 0.2) is 36.5 Å². The van der Waals surface area contributed by atoms with Crippen LogP contribution in [0.4, 0.5) is 0 Å². The molecule has 6 nitrogen and oxygen atoms in total. The monoisotopic (exact) mass is 368 g/mol. The molecule has 6 heteroatoms. The topological polar surface area (TPSA) is 107 Å². The molecule has 0 aromatic heterocycles. The van der Waals surface area contributed by atoms with E-state index in [0.29, 0.717) is 25.7 Å². The molecular formula is C20H32O6. The number of aliphatic hydroxyl groups excluding tert-OH is 3. The zero-order chi connectivity index (χ0) is 19.4. The summed E-state index contributed by atoms with van der Waals surface area (Å²) in [7, 11) is 0. The number of allylic oxidation sites excluding steroid dienone is 3. The number of aliphatic hydroxyl groups is 3. The van der Waals surface area contributed by atoms with Crippen molar-refractivity contribution in [2.75, 3.05) is 0 Å². The van der Waals surface area contributed by atoms with Gasteiger partial charge >= 0.3 is 5.97 Å². The summed E-state index contributed by atoms with van der Waals surface area (Å²) in [5, 5.41) is 38.6. The van der Waals surface area contributed by atoms with Crippen LogP contribution in [-0.2, 0) is 9.53 Å². The first kappa shape index (κ1) is 22.6. The van der Waals surface area contributed by atoms with E-state index in [1.165, 1.54) is 0 Å². The molecule has 0 radical (unpaired) electrons. The van der Waals surface area contributed by atoms with Crippen molar-refractivity contribution in [2.45, 2.75) is 76.5 Å². The Hall–Kier alpha value is -1.47. The molecule has 148 valence electrons. The summed E-state index contributed by atoms with van der Waals surface area (Å²) in [6, 6.07) is 0. The molecule has 0 spiro atoms. The predicted octanol–water partition coefficient (Wildman–Crippen LogP) is 2.55. The highest BCUT2D eigenvalue weighted by Gasteiger charge is 2.35. The minimum Gasteiger partial charge on any atom is -0.481 e. The molecule has 0 aromatic rings. The third-order valence-electron chi connectivity index (χ3n) is 4.31. The van der Waals surface area contributed by atoms with Gasteiger partial charge in [0.25, 0.3) is 0 Å². The number of ether oxygens (including phenoxy) is 1. The highest BCUT2D eigenvalue weighted by molar-refractivity contribution is 5.66. The number of carboxylic acid groups (broad SMARTS) is 1. The molecule has 5 atom stereocenters. The maximum absolute atomic E-state index is 10.5. The van der Waals surface area contributed by atoms with E-state index in [1.807, 2.05) is 31.2 Å². The average Bonchev–Trinajstić information content (AvgIpc) is 2.57. The smallest absolute Gasteiger partial charge is 0.303 e. The molecule has 0 amide bonds. The summed E-state index contributed by atoms with van der Waals surface area (Å²) < 4.78 is 5.52. The van der Waals surface area contributed by atoms with E-state index < -0.39 is 30.6 Å². The summed E-state index contributed by atoms with van der Waals surface area (Å²) in [4.78, 5) is 10.5. The molecule has 0 bridgehead atoms. The third kappa shape index (κ3) is 9.29. The summed E-state index contributed by atoms with van der Waals surface area (Å²) in [6.07, 6.45) is 11.8. The lowest BCUT2D eigenvalue weighted by atomic mass is 9.87. The molecule has 1 rings (SSSR count). The van der Waals surface area contributed by atoms with Gasteiger partial charge in [0, 0.05) is 18.8 Å². The number of unbranched alkanes of at least 4 members (excludes halogenated alkanes) is 1. The van der Waals surface area contributed by atoms with Gasteiger partial charge in [0.2, 0.25) is 0 Å². The standard InChI is InChI=1S/C20H32O6/c1-2-3-6-9-15(21)12-13-18-16(17(22)14-20(25)26-18)10-7-4-5-8-11-19(23)24/h3-4,6-7,12-13,15-18,20-22,25H,2,5,8-11,14H2,1H3,(H,23,24)/b6-3-,7-4-,13-12+/t15-,16-,17+,18+,20+/m0/s1. The average molecular weight is 368 g/mol. The molecule has 0 aromatic carbocycles. The van der Waals surface area contributed by atoms with Gasteiger partial charge in [0.05, 0.1) is 18.3 Å². The number of hydrogen-bond acceptors (Lipinski definition) is 5. The van der Waals surface area contributed by atoms with Gasteiger partial charge in [0.15, 0.2) is 6.29 Å². The quantitative estimate of drug-likeness (QED) is 0.330. The Morgan fingerprint density at radius 2 is 2.00 bits per heavy atom. The summed E-state index contributed by atoms with van der Waals surface area (Å²) in [5.41, 5.74) is 0. The zero-order valence-electron chi connectivity index (χ0n) is 15.4. The van der Waals surface area contributed by atoms with Crippen LogP contribution in [0.1, 0.15) is 51.9 Å². The number of hydrogen-bond donors (Lipinski definition) is 4. The van der Waals surface area contributed by atoms with Crippen molar-refractivity contribution >= 4 is 5.97 Å². The second-order valence-electron chi connectivity index (χ2n) is 6.58. The van der Waals surface area contributed by atoms with Crippen molar-refractivity contribution in [3.05, 3.63) is 36.5 Å². The van der Waals surface area contributed by atoms with Crippen molar-refractivity contribution in [3.8, 4) is 0 Å². The second kappa shape index (κ2) is 12.8. The van der Waals surface area contributed by atoms with Gasteiger partial charge in [-0.05, 0) is 32.1 Å². The lowest BCUT2D eigenvalue weighted by Gasteiger charge is -2.36. The van der Waals surface area contributed by atoms with E-state index in [4.69, 9.17) is 9.84 Å². The van der Waals surface area contributed by atoms with Crippen molar-refractivity contribution in [2.24, 2.45) is 5.92 Å². The van der Waals surface area contributed by atoms with Gasteiger partial charge < -0.3 is 25.2 Å². The summed E-state index contributed by atoms with van der Waals surface area (Å²) in [6.45, 7) is 2.02. The number of aliphatic carboxylic acids is 1. The number of carbonyl (C=O) groups is 1. The first-order valence-electron chi connectivity index (χ1n) is 9.33. The molecule has 0 unspecified atom stereocenters. The van der Waals surface area contributed by atoms with E-state index in [0.717, 1.165) is 6.42 Å². The molecule has 26 heavy (non-hydrogen) atoms. The second-order valence-corrected chi connectivity index (χ2v) is 6.58. The Bertz CT molecular complexity index is 485. The van der Waals surface area contributed by atoms with Crippen LogP contribution in [0, 0.1) is 5.92 Å². The molecule has 1 aliphatic rings. The molecular weight excluding hydrogens is 336 g/mol. The van der Waals surface area contributed by atoms with Crippen LogP contribution in [0.5, 0.6) is 0 Å². The van der Waals surface area contributed by atoms with Crippen molar-refractivity contribution in [1.82, 2.24) is 0 Å². The fourth-order valence-corrected chi connectivity index (χ4v) is 2.88. The Morgan fingerprint density at radius 1 is 1.23 bits per heavy atom. The minimum absolute atomic E-state index is 0.140. The molecule has 4 N–H and O–H groups in total. The number of carboxylic acids is 1. The lowest BCUT2D eigenvalue weighted by molar-refractivity contribution is -0.199. The van der Waals surface area contributed by atoms with E-state index in [9.17, 15) is 20.1 Å². The van der Waals surface area contributed by atoms with E-state index in [1.54, 1.807) is 12.2 Å². The normalized spacial score (nSPS) is 28.3. The minimum atomic E-state index is -1.02.